The zero-order valence-corrected chi connectivity index (χ0v) is 20.8. The molecular weight excluding hydrogens is 547 g/mol. The molecule has 20 nitrogen and oxygen atoms in total. The molecule has 2 aliphatic rings. The maximum atomic E-state index is 12.7. The van der Waals surface area contributed by atoms with Crippen molar-refractivity contribution in [1.29, 1.82) is 0 Å². The number of ether oxygens (including phenoxy) is 2. The van der Waals surface area contributed by atoms with E-state index in [2.05, 4.69) is 30.3 Å². The summed E-state index contributed by atoms with van der Waals surface area (Å²) in [5.74, 6) is 5.07. The molecule has 21 heteroatoms. The minimum atomic E-state index is -4.77. The van der Waals surface area contributed by atoms with Gasteiger partial charge >= 0.3 is 13.5 Å². The zero-order chi connectivity index (χ0) is 27.9. The van der Waals surface area contributed by atoms with Gasteiger partial charge in [-0.1, -0.05) is 0 Å². The van der Waals surface area contributed by atoms with Crippen LogP contribution < -0.4 is 28.3 Å². The Balaban J connectivity index is 1.22. The fourth-order valence-corrected chi connectivity index (χ4v) is 5.27. The first-order chi connectivity index (χ1) is 18.6. The number of nitrogen functional groups attached to an aromatic ring is 2. The second-order valence-electron chi connectivity index (χ2n) is 8.68. The summed E-state index contributed by atoms with van der Waals surface area (Å²) >= 11 is 0. The molecule has 2 fully saturated rings. The van der Waals surface area contributed by atoms with E-state index in [4.69, 9.17) is 30.1 Å². The number of hydrazine groups is 1. The van der Waals surface area contributed by atoms with Crippen LogP contribution in [0.1, 0.15) is 25.3 Å². The van der Waals surface area contributed by atoms with E-state index < -0.39 is 69.2 Å². The van der Waals surface area contributed by atoms with Gasteiger partial charge < -0.3 is 30.3 Å². The SMILES string of the molecule is NNc1nc2c(ncn2[C@H]2C[C@@H](O)[C@@H](COP(=O)(O)O[C@@H]3C[C@H](n4cnc(N)nc4=O)O[C@@H]3CO)O2)c(=O)[nH]1. The third-order valence-electron chi connectivity index (χ3n) is 6.17. The first kappa shape index (κ1) is 27.2. The highest BCUT2D eigenvalue weighted by atomic mass is 31.2. The van der Waals surface area contributed by atoms with Crippen LogP contribution in [0.5, 0.6) is 0 Å². The second kappa shape index (κ2) is 10.7. The van der Waals surface area contributed by atoms with Gasteiger partial charge in [0.05, 0.1) is 25.6 Å². The number of nitrogens with two attached hydrogens (primary N) is 2. The Hall–Kier alpha value is -3.33. The molecule has 0 spiro atoms. The van der Waals surface area contributed by atoms with E-state index in [1.807, 2.05) is 0 Å². The number of rotatable bonds is 9. The Kier molecular flexibility index (Phi) is 7.46. The number of aliphatic hydroxyl groups is 2. The minimum absolute atomic E-state index is 0.0147. The molecule has 0 aromatic carbocycles. The fourth-order valence-electron chi connectivity index (χ4n) is 4.31. The number of phosphoric acid groups is 1. The highest BCUT2D eigenvalue weighted by Crippen LogP contribution is 2.49. The quantitative estimate of drug-likeness (QED) is 0.0767. The number of nitrogens with zero attached hydrogens (tertiary/aromatic N) is 6. The molecule has 212 valence electrons. The maximum absolute atomic E-state index is 12.7. The summed E-state index contributed by atoms with van der Waals surface area (Å²) in [6.07, 6.45) is -3.91. The van der Waals surface area contributed by atoms with Gasteiger partial charge in [0.25, 0.3) is 5.56 Å². The van der Waals surface area contributed by atoms with Crippen LogP contribution in [0.2, 0.25) is 0 Å². The Bertz CT molecular complexity index is 1510. The molecule has 2 aliphatic heterocycles. The lowest BCUT2D eigenvalue weighted by Crippen LogP contribution is -2.29. The molecule has 3 aromatic rings. The van der Waals surface area contributed by atoms with E-state index in [1.54, 1.807) is 0 Å². The number of nitrogens with one attached hydrogen (secondary N) is 2. The average molecular weight is 572 g/mol. The lowest BCUT2D eigenvalue weighted by molar-refractivity contribution is -0.0565. The molecule has 3 aromatic heterocycles. The van der Waals surface area contributed by atoms with E-state index in [0.29, 0.717) is 0 Å². The molecule has 0 saturated carbocycles. The summed E-state index contributed by atoms with van der Waals surface area (Å²) in [5, 5.41) is 20.1. The number of aromatic nitrogens is 7. The number of aromatic amines is 1. The number of aliphatic hydroxyl groups excluding tert-OH is 2. The van der Waals surface area contributed by atoms with Crippen molar-refractivity contribution >= 4 is 30.9 Å². The van der Waals surface area contributed by atoms with Crippen molar-refractivity contribution < 1.29 is 38.2 Å². The van der Waals surface area contributed by atoms with Crippen molar-refractivity contribution in [3.05, 3.63) is 33.5 Å². The Morgan fingerprint density at radius 2 is 1.87 bits per heavy atom. The minimum Gasteiger partial charge on any atom is -0.394 e. The summed E-state index contributed by atoms with van der Waals surface area (Å²) in [5.41, 5.74) is 6.45. The maximum Gasteiger partial charge on any atom is 0.472 e. The Morgan fingerprint density at radius 1 is 1.15 bits per heavy atom. The molecule has 0 radical (unpaired) electrons. The fraction of sp³-hybridized carbons (Fsp3) is 0.556. The van der Waals surface area contributed by atoms with Gasteiger partial charge in [-0.2, -0.15) is 9.97 Å². The van der Waals surface area contributed by atoms with Crippen molar-refractivity contribution in [3.8, 4) is 0 Å². The number of hydrogen-bond acceptors (Lipinski definition) is 16. The number of imidazole rings is 1. The molecule has 9 N–H and O–H groups in total. The molecule has 0 amide bonds. The smallest absolute Gasteiger partial charge is 0.394 e. The first-order valence-electron chi connectivity index (χ1n) is 11.5. The molecule has 5 heterocycles. The standard InChI is InChI=1S/C18H25N10O10P/c19-16-22-6-28(18(32)25-16)12-2-8(9(3-29)36-12)38-39(33,34)35-4-10-7(30)1-11(37-10)27-5-21-13-14(27)23-17(26-20)24-15(13)31/h5-12,29-30H,1-4,20H2,(H,33,34)(H2,19,25,32)(H2,23,24,26,31)/t7-,8-,9-,10-,11-,12-/m1/s1. The van der Waals surface area contributed by atoms with Crippen molar-refractivity contribution in [2.45, 2.75) is 49.7 Å². The highest BCUT2D eigenvalue weighted by Gasteiger charge is 2.43. The van der Waals surface area contributed by atoms with Crippen LogP contribution in [-0.4, -0.2) is 86.8 Å². The predicted octanol–water partition coefficient (Wildman–Crippen LogP) is -2.93. The van der Waals surface area contributed by atoms with Gasteiger partial charge in [-0.3, -0.25) is 33.4 Å². The number of phosphoric ester groups is 1. The lowest BCUT2D eigenvalue weighted by Gasteiger charge is -2.21. The van der Waals surface area contributed by atoms with Crippen LogP contribution in [0.15, 0.2) is 22.2 Å². The average Bonchev–Trinajstić information content (AvgIpc) is 3.59. The van der Waals surface area contributed by atoms with E-state index in [0.717, 1.165) is 10.9 Å². The summed E-state index contributed by atoms with van der Waals surface area (Å²) in [6.45, 7) is -1.14. The predicted molar refractivity (Wildman–Crippen MR) is 127 cm³/mol. The molecule has 2 saturated heterocycles. The monoisotopic (exact) mass is 572 g/mol. The summed E-state index contributed by atoms with van der Waals surface area (Å²) in [4.78, 5) is 52.3. The highest BCUT2D eigenvalue weighted by molar-refractivity contribution is 7.47. The topological polar surface area (TPSA) is 290 Å². The van der Waals surface area contributed by atoms with E-state index in [9.17, 15) is 29.3 Å². The van der Waals surface area contributed by atoms with Gasteiger partial charge in [-0.25, -0.2) is 25.2 Å². The van der Waals surface area contributed by atoms with Crippen LogP contribution in [-0.2, 0) is 23.1 Å². The lowest BCUT2D eigenvalue weighted by atomic mass is 10.2. The van der Waals surface area contributed by atoms with Crippen molar-refractivity contribution in [2.24, 2.45) is 5.84 Å². The number of hydrogen-bond donors (Lipinski definition) is 7. The van der Waals surface area contributed by atoms with Crippen LogP contribution >= 0.6 is 7.82 Å². The van der Waals surface area contributed by atoms with Crippen molar-refractivity contribution in [1.82, 2.24) is 34.1 Å². The first-order valence-corrected chi connectivity index (χ1v) is 13.0. The van der Waals surface area contributed by atoms with Crippen LogP contribution in [0.3, 0.4) is 0 Å². The van der Waals surface area contributed by atoms with E-state index >= 15 is 0 Å². The largest absolute Gasteiger partial charge is 0.472 e. The normalized spacial score (nSPS) is 28.6. The third-order valence-corrected chi connectivity index (χ3v) is 7.18. The van der Waals surface area contributed by atoms with Crippen LogP contribution in [0.25, 0.3) is 11.2 Å². The number of H-pyrrole nitrogens is 1. The zero-order valence-electron chi connectivity index (χ0n) is 19.9. The van der Waals surface area contributed by atoms with Gasteiger partial charge in [-0.05, 0) is 0 Å². The molecule has 0 bridgehead atoms. The van der Waals surface area contributed by atoms with Gasteiger partial charge in [0.15, 0.2) is 11.2 Å². The summed E-state index contributed by atoms with van der Waals surface area (Å²) in [6, 6.07) is 0. The van der Waals surface area contributed by atoms with Crippen LogP contribution in [0, 0.1) is 0 Å². The molecule has 0 aliphatic carbocycles. The Labute approximate surface area is 217 Å². The van der Waals surface area contributed by atoms with Crippen molar-refractivity contribution in [2.75, 3.05) is 24.4 Å². The van der Waals surface area contributed by atoms with Gasteiger partial charge in [0.1, 0.15) is 37.1 Å². The van der Waals surface area contributed by atoms with Crippen LogP contribution in [0.4, 0.5) is 11.9 Å². The molecule has 5 rings (SSSR count). The molecule has 7 atom stereocenters. The second-order valence-corrected chi connectivity index (χ2v) is 10.1. The van der Waals surface area contributed by atoms with Gasteiger partial charge in [0.2, 0.25) is 11.9 Å². The van der Waals surface area contributed by atoms with E-state index in [-0.39, 0.29) is 35.9 Å². The van der Waals surface area contributed by atoms with E-state index in [1.165, 1.54) is 10.9 Å². The number of fused-ring (bicyclic) bond motifs is 1. The molecule has 39 heavy (non-hydrogen) atoms. The van der Waals surface area contributed by atoms with Gasteiger partial charge in [0, 0.05) is 12.8 Å². The van der Waals surface area contributed by atoms with Gasteiger partial charge in [-0.15, -0.1) is 0 Å². The van der Waals surface area contributed by atoms with Crippen molar-refractivity contribution in [3.63, 3.8) is 0 Å². The summed E-state index contributed by atoms with van der Waals surface area (Å²) in [7, 11) is -4.77. The Morgan fingerprint density at radius 3 is 2.59 bits per heavy atom. The third kappa shape index (κ3) is 5.55. The number of anilines is 2. The molecular formula is C18H25N10O10P. The summed E-state index contributed by atoms with van der Waals surface area (Å²) < 4.78 is 36.7. The molecule has 1 unspecified atom stereocenters.